The van der Waals surface area contributed by atoms with E-state index in [0.29, 0.717) is 31.2 Å². The lowest BCUT2D eigenvalue weighted by molar-refractivity contribution is -0.148. The molecule has 0 saturated heterocycles. The lowest BCUT2D eigenvalue weighted by atomic mass is 9.78. The Morgan fingerprint density at radius 1 is 1.38 bits per heavy atom. The molecule has 0 bridgehead atoms. The van der Waals surface area contributed by atoms with Crippen molar-refractivity contribution in [2.45, 2.75) is 31.3 Å². The Morgan fingerprint density at radius 3 is 2.57 bits per heavy atom. The number of hydrogen-bond donors (Lipinski definition) is 2. The number of pyridine rings is 1. The number of hydrogen-bond acceptors (Lipinski definition) is 5. The Bertz CT molecular complexity index is 496. The number of carbonyl (C=O) groups is 2. The van der Waals surface area contributed by atoms with Gasteiger partial charge in [-0.3, -0.25) is 14.6 Å². The molecule has 6 nitrogen and oxygen atoms in total. The van der Waals surface area contributed by atoms with E-state index in [-0.39, 0.29) is 24.3 Å². The molecule has 1 aromatic rings. The number of rotatable bonds is 4. The first-order valence-electron chi connectivity index (χ1n) is 7.02. The van der Waals surface area contributed by atoms with Gasteiger partial charge in [0.1, 0.15) is 0 Å². The lowest BCUT2D eigenvalue weighted by Crippen LogP contribution is -2.46. The highest BCUT2D eigenvalue weighted by Gasteiger charge is 2.36. The van der Waals surface area contributed by atoms with Gasteiger partial charge in [-0.2, -0.15) is 0 Å². The highest BCUT2D eigenvalue weighted by molar-refractivity contribution is 5.94. The molecule has 0 aromatic carbocycles. The van der Waals surface area contributed by atoms with E-state index in [2.05, 4.69) is 10.3 Å². The van der Waals surface area contributed by atoms with E-state index in [9.17, 15) is 14.7 Å². The zero-order valence-electron chi connectivity index (χ0n) is 12.0. The summed E-state index contributed by atoms with van der Waals surface area (Å²) in [4.78, 5) is 27.2. The molecule has 0 aliphatic heterocycles. The molecule has 114 valence electrons. The molecule has 1 saturated carbocycles. The number of amides is 1. The van der Waals surface area contributed by atoms with Gasteiger partial charge >= 0.3 is 5.97 Å². The Balaban J connectivity index is 1.84. The van der Waals surface area contributed by atoms with Crippen molar-refractivity contribution in [2.24, 2.45) is 5.92 Å². The first-order valence-corrected chi connectivity index (χ1v) is 7.02. The summed E-state index contributed by atoms with van der Waals surface area (Å²) in [5, 5.41) is 13.2. The van der Waals surface area contributed by atoms with Gasteiger partial charge in [0.15, 0.2) is 0 Å². The Labute approximate surface area is 123 Å². The minimum absolute atomic E-state index is 0.147. The van der Waals surface area contributed by atoms with Gasteiger partial charge in [0, 0.05) is 24.5 Å². The van der Waals surface area contributed by atoms with Crippen LogP contribution in [0.3, 0.4) is 0 Å². The highest BCUT2D eigenvalue weighted by atomic mass is 16.5. The van der Waals surface area contributed by atoms with Crippen molar-refractivity contribution in [3.8, 4) is 0 Å². The monoisotopic (exact) mass is 292 g/mol. The molecule has 1 fully saturated rings. The van der Waals surface area contributed by atoms with Crippen LogP contribution in [0.4, 0.5) is 0 Å². The normalized spacial score (nSPS) is 25.1. The zero-order valence-corrected chi connectivity index (χ0v) is 12.0. The second kappa shape index (κ2) is 6.67. The zero-order chi connectivity index (χ0) is 15.3. The molecule has 0 radical (unpaired) electrons. The fraction of sp³-hybridized carbons (Fsp3) is 0.533. The Hall–Kier alpha value is -1.95. The van der Waals surface area contributed by atoms with Crippen molar-refractivity contribution in [3.05, 3.63) is 30.1 Å². The molecule has 0 atom stereocenters. The van der Waals surface area contributed by atoms with E-state index in [1.165, 1.54) is 7.11 Å². The van der Waals surface area contributed by atoms with Crippen LogP contribution in [-0.4, -0.2) is 41.2 Å². The van der Waals surface area contributed by atoms with Crippen LogP contribution in [0.1, 0.15) is 36.0 Å². The molecule has 2 N–H and O–H groups in total. The number of methoxy groups -OCH3 is 1. The largest absolute Gasteiger partial charge is 0.469 e. The second-order valence-corrected chi connectivity index (χ2v) is 5.44. The van der Waals surface area contributed by atoms with Crippen LogP contribution in [-0.2, 0) is 9.53 Å². The van der Waals surface area contributed by atoms with Gasteiger partial charge in [-0.15, -0.1) is 0 Å². The fourth-order valence-electron chi connectivity index (χ4n) is 2.58. The first kappa shape index (κ1) is 15.4. The summed E-state index contributed by atoms with van der Waals surface area (Å²) in [6.45, 7) is 0.183. The average Bonchev–Trinajstić information content (AvgIpc) is 2.53. The number of nitrogens with one attached hydrogen (secondary N) is 1. The SMILES string of the molecule is COC(=O)C1CCC(O)(CNC(=O)c2ccncc2)CC1. The molecule has 2 rings (SSSR count). The Kier molecular flexibility index (Phi) is 4.90. The molecule has 1 heterocycles. The van der Waals surface area contributed by atoms with Gasteiger partial charge in [-0.25, -0.2) is 0 Å². The van der Waals surface area contributed by atoms with Crippen LogP contribution < -0.4 is 5.32 Å². The fourth-order valence-corrected chi connectivity index (χ4v) is 2.58. The molecule has 1 amide bonds. The van der Waals surface area contributed by atoms with E-state index in [0.717, 1.165) is 0 Å². The molecule has 0 spiro atoms. The van der Waals surface area contributed by atoms with Gasteiger partial charge in [0.25, 0.3) is 5.91 Å². The third kappa shape index (κ3) is 4.01. The van der Waals surface area contributed by atoms with Crippen molar-refractivity contribution in [3.63, 3.8) is 0 Å². The van der Waals surface area contributed by atoms with Gasteiger partial charge in [0.2, 0.25) is 0 Å². The number of aliphatic hydroxyl groups is 1. The van der Waals surface area contributed by atoms with Crippen LogP contribution in [0.5, 0.6) is 0 Å². The molecule has 1 aliphatic rings. The molecular weight excluding hydrogens is 272 g/mol. The highest BCUT2D eigenvalue weighted by Crippen LogP contribution is 2.32. The van der Waals surface area contributed by atoms with E-state index in [4.69, 9.17) is 4.74 Å². The summed E-state index contributed by atoms with van der Waals surface area (Å²) in [5.41, 5.74) is -0.440. The first-order chi connectivity index (χ1) is 10.0. The van der Waals surface area contributed by atoms with Gasteiger partial charge in [-0.1, -0.05) is 0 Å². The van der Waals surface area contributed by atoms with Gasteiger partial charge in [0.05, 0.1) is 18.6 Å². The van der Waals surface area contributed by atoms with Crippen molar-refractivity contribution in [1.29, 1.82) is 0 Å². The predicted molar refractivity (Wildman–Crippen MR) is 75.5 cm³/mol. The third-order valence-electron chi connectivity index (χ3n) is 3.97. The van der Waals surface area contributed by atoms with Crippen LogP contribution in [0.2, 0.25) is 0 Å². The topological polar surface area (TPSA) is 88.5 Å². The summed E-state index contributed by atoms with van der Waals surface area (Å²) >= 11 is 0. The summed E-state index contributed by atoms with van der Waals surface area (Å²) in [7, 11) is 1.37. The van der Waals surface area contributed by atoms with Crippen molar-refractivity contribution in [1.82, 2.24) is 10.3 Å². The molecule has 1 aliphatic carbocycles. The Morgan fingerprint density at radius 2 is 2.00 bits per heavy atom. The quantitative estimate of drug-likeness (QED) is 0.805. The third-order valence-corrected chi connectivity index (χ3v) is 3.97. The summed E-state index contributed by atoms with van der Waals surface area (Å²) < 4.78 is 4.72. The minimum atomic E-state index is -0.951. The molecular formula is C15H20N2O4. The summed E-state index contributed by atoms with van der Waals surface area (Å²) in [6, 6.07) is 3.24. The number of nitrogens with zero attached hydrogens (tertiary/aromatic N) is 1. The van der Waals surface area contributed by atoms with Crippen molar-refractivity contribution >= 4 is 11.9 Å². The van der Waals surface area contributed by atoms with Crippen molar-refractivity contribution < 1.29 is 19.4 Å². The molecule has 21 heavy (non-hydrogen) atoms. The van der Waals surface area contributed by atoms with Gasteiger partial charge < -0.3 is 15.2 Å². The standard InChI is InChI=1S/C15H20N2O4/c1-21-14(19)12-2-6-15(20,7-3-12)10-17-13(18)11-4-8-16-9-5-11/h4-5,8-9,12,20H,2-3,6-7,10H2,1H3,(H,17,18). The second-order valence-electron chi connectivity index (χ2n) is 5.44. The lowest BCUT2D eigenvalue weighted by Gasteiger charge is -2.35. The summed E-state index contributed by atoms with van der Waals surface area (Å²) in [6.07, 6.45) is 5.20. The number of esters is 1. The van der Waals surface area contributed by atoms with Crippen LogP contribution in [0.25, 0.3) is 0 Å². The number of ether oxygens (including phenoxy) is 1. The maximum Gasteiger partial charge on any atom is 0.308 e. The maximum absolute atomic E-state index is 11.9. The van der Waals surface area contributed by atoms with Crippen LogP contribution >= 0.6 is 0 Å². The van der Waals surface area contributed by atoms with E-state index >= 15 is 0 Å². The van der Waals surface area contributed by atoms with E-state index in [1.807, 2.05) is 0 Å². The smallest absolute Gasteiger partial charge is 0.308 e. The molecule has 1 aromatic heterocycles. The summed E-state index contributed by atoms with van der Waals surface area (Å²) in [5.74, 6) is -0.607. The van der Waals surface area contributed by atoms with Crippen molar-refractivity contribution in [2.75, 3.05) is 13.7 Å². The van der Waals surface area contributed by atoms with E-state index < -0.39 is 5.60 Å². The predicted octanol–water partition coefficient (Wildman–Crippen LogP) is 0.906. The average molecular weight is 292 g/mol. The molecule has 0 unspecified atom stereocenters. The molecule has 6 heteroatoms. The van der Waals surface area contributed by atoms with Gasteiger partial charge in [-0.05, 0) is 37.8 Å². The van der Waals surface area contributed by atoms with Crippen LogP contribution in [0.15, 0.2) is 24.5 Å². The number of aromatic nitrogens is 1. The minimum Gasteiger partial charge on any atom is -0.469 e. The maximum atomic E-state index is 11.9. The van der Waals surface area contributed by atoms with E-state index in [1.54, 1.807) is 24.5 Å². The van der Waals surface area contributed by atoms with Crippen LogP contribution in [0, 0.1) is 5.92 Å². The number of carbonyl (C=O) groups excluding carboxylic acids is 2.